The summed E-state index contributed by atoms with van der Waals surface area (Å²) in [5, 5.41) is 8.35. The van der Waals surface area contributed by atoms with Gasteiger partial charge in [-0.2, -0.15) is 5.10 Å². The van der Waals surface area contributed by atoms with Gasteiger partial charge < -0.3 is 19.7 Å². The molecule has 2 aromatic carbocycles. The van der Waals surface area contributed by atoms with Crippen molar-refractivity contribution in [3.63, 3.8) is 0 Å². The van der Waals surface area contributed by atoms with Crippen LogP contribution in [0.15, 0.2) is 42.6 Å². The first kappa shape index (κ1) is 25.5. The van der Waals surface area contributed by atoms with Crippen LogP contribution >= 0.6 is 0 Å². The van der Waals surface area contributed by atoms with Gasteiger partial charge in [-0.3, -0.25) is 9.48 Å². The molecule has 2 heterocycles. The Morgan fingerprint density at radius 1 is 1.19 bits per heavy atom. The van der Waals surface area contributed by atoms with Crippen molar-refractivity contribution in [2.24, 2.45) is 5.92 Å². The predicted molar refractivity (Wildman–Crippen MR) is 135 cm³/mol. The van der Waals surface area contributed by atoms with Crippen LogP contribution in [0.25, 0.3) is 10.9 Å². The number of nitrogens with zero attached hydrogens (tertiary/aromatic N) is 3. The number of likely N-dealkylation sites (tertiary alicyclic amines) is 1. The Hall–Kier alpha value is -3.62. The molecule has 8 nitrogen and oxygen atoms in total. The van der Waals surface area contributed by atoms with Crippen LogP contribution < -0.4 is 10.1 Å². The topological polar surface area (TPSA) is 85.7 Å². The molecular formula is C27H33FN4O4. The molecule has 4 rings (SSSR count). The van der Waals surface area contributed by atoms with Crippen LogP contribution in [0.5, 0.6) is 11.5 Å². The number of hydrogen-bond acceptors (Lipinski definition) is 5. The third kappa shape index (κ3) is 6.13. The molecule has 9 heteroatoms. The predicted octanol–water partition coefficient (Wildman–Crippen LogP) is 5.36. The summed E-state index contributed by atoms with van der Waals surface area (Å²) in [5.74, 6) is 0.440. The van der Waals surface area contributed by atoms with Gasteiger partial charge in [-0.15, -0.1) is 0 Å². The van der Waals surface area contributed by atoms with Crippen molar-refractivity contribution in [3.05, 3.63) is 54.0 Å². The van der Waals surface area contributed by atoms with E-state index in [0.29, 0.717) is 49.0 Å². The van der Waals surface area contributed by atoms with Gasteiger partial charge in [-0.05, 0) is 69.5 Å². The maximum atomic E-state index is 13.5. The summed E-state index contributed by atoms with van der Waals surface area (Å²) in [5.41, 5.74) is 0.578. The number of amides is 2. The molecule has 1 aliphatic rings. The molecule has 2 amide bonds. The van der Waals surface area contributed by atoms with Gasteiger partial charge in [0.2, 0.25) is 0 Å². The van der Waals surface area contributed by atoms with Crippen LogP contribution in [-0.2, 0) is 11.3 Å². The lowest BCUT2D eigenvalue weighted by atomic mass is 10.1. The fourth-order valence-electron chi connectivity index (χ4n) is 4.12. The SMILES string of the molecule is CC(C)Cn1ncc2cc(Oc3ccc(F)cc3)c(C(=O)NC3CCN(C(=O)OC(C)(C)C)C3)cc21. The van der Waals surface area contributed by atoms with Crippen molar-refractivity contribution in [2.75, 3.05) is 13.1 Å². The van der Waals surface area contributed by atoms with Gasteiger partial charge in [-0.1, -0.05) is 13.8 Å². The second kappa shape index (κ2) is 10.2. The molecule has 0 radical (unpaired) electrons. The zero-order chi connectivity index (χ0) is 26.0. The first-order chi connectivity index (χ1) is 17.0. The molecule has 3 aromatic rings. The van der Waals surface area contributed by atoms with E-state index in [2.05, 4.69) is 24.3 Å². The molecule has 36 heavy (non-hydrogen) atoms. The first-order valence-electron chi connectivity index (χ1n) is 12.2. The first-order valence-corrected chi connectivity index (χ1v) is 12.2. The minimum atomic E-state index is -0.584. The van der Waals surface area contributed by atoms with Crippen LogP contribution in [-0.4, -0.2) is 51.4 Å². The molecule has 1 aliphatic heterocycles. The maximum Gasteiger partial charge on any atom is 0.410 e. The molecule has 0 aliphatic carbocycles. The summed E-state index contributed by atoms with van der Waals surface area (Å²) in [4.78, 5) is 27.5. The molecule has 1 N–H and O–H groups in total. The molecule has 0 bridgehead atoms. The minimum Gasteiger partial charge on any atom is -0.457 e. The molecule has 1 saturated heterocycles. The number of aromatic nitrogens is 2. The van der Waals surface area contributed by atoms with Crippen molar-refractivity contribution in [1.82, 2.24) is 20.0 Å². The van der Waals surface area contributed by atoms with E-state index in [-0.39, 0.29) is 17.8 Å². The Kier molecular flexibility index (Phi) is 7.19. The minimum absolute atomic E-state index is 0.222. The lowest BCUT2D eigenvalue weighted by Crippen LogP contribution is -2.40. The summed E-state index contributed by atoms with van der Waals surface area (Å²) in [6.45, 7) is 11.2. The molecule has 1 unspecified atom stereocenters. The van der Waals surface area contributed by atoms with E-state index in [9.17, 15) is 14.0 Å². The standard InChI is InChI=1S/C27H33FN4O4/c1-17(2)15-32-23-13-22(24(12-18(23)14-29-32)35-21-8-6-19(28)7-9-21)25(33)30-20-10-11-31(16-20)26(34)36-27(3,4)5/h6-9,12-14,17,20H,10-11,15-16H2,1-5H3,(H,30,33). The van der Waals surface area contributed by atoms with Crippen LogP contribution in [0.2, 0.25) is 0 Å². The number of benzene rings is 2. The highest BCUT2D eigenvalue weighted by Crippen LogP contribution is 2.31. The normalized spacial score (nSPS) is 16.0. The van der Waals surface area contributed by atoms with Gasteiger partial charge in [0.15, 0.2) is 0 Å². The second-order valence-electron chi connectivity index (χ2n) is 10.6. The van der Waals surface area contributed by atoms with Crippen molar-refractivity contribution in [3.8, 4) is 11.5 Å². The highest BCUT2D eigenvalue weighted by molar-refractivity contribution is 6.01. The number of ether oxygens (including phenoxy) is 2. The fraction of sp³-hybridized carbons (Fsp3) is 0.444. The Balaban J connectivity index is 1.58. The van der Waals surface area contributed by atoms with Gasteiger partial charge in [-0.25, -0.2) is 9.18 Å². The number of carbonyl (C=O) groups excluding carboxylic acids is 2. The molecule has 1 aromatic heterocycles. The van der Waals surface area contributed by atoms with Gasteiger partial charge in [0.05, 0.1) is 17.3 Å². The van der Waals surface area contributed by atoms with Crippen LogP contribution in [0, 0.1) is 11.7 Å². The van der Waals surface area contributed by atoms with E-state index in [1.54, 1.807) is 23.2 Å². The zero-order valence-electron chi connectivity index (χ0n) is 21.4. The van der Waals surface area contributed by atoms with Crippen molar-refractivity contribution >= 4 is 22.9 Å². The van der Waals surface area contributed by atoms with Crippen LogP contribution in [0.1, 0.15) is 51.4 Å². The second-order valence-corrected chi connectivity index (χ2v) is 10.6. The quantitative estimate of drug-likeness (QED) is 0.496. The number of rotatable bonds is 6. The van der Waals surface area contributed by atoms with Crippen LogP contribution in [0.3, 0.4) is 0 Å². The summed E-state index contributed by atoms with van der Waals surface area (Å²) in [6.07, 6.45) is 1.97. The number of hydrogen-bond donors (Lipinski definition) is 1. The summed E-state index contributed by atoms with van der Waals surface area (Å²) in [7, 11) is 0. The van der Waals surface area contributed by atoms with E-state index in [1.165, 1.54) is 24.3 Å². The Bertz CT molecular complexity index is 1250. The van der Waals surface area contributed by atoms with Gasteiger partial charge in [0, 0.05) is 31.1 Å². The van der Waals surface area contributed by atoms with Gasteiger partial charge >= 0.3 is 6.09 Å². The largest absolute Gasteiger partial charge is 0.457 e. The summed E-state index contributed by atoms with van der Waals surface area (Å²) >= 11 is 0. The molecule has 0 saturated carbocycles. The van der Waals surface area contributed by atoms with E-state index in [1.807, 2.05) is 25.5 Å². The Labute approximate surface area is 210 Å². The lowest BCUT2D eigenvalue weighted by Gasteiger charge is -2.24. The molecule has 0 spiro atoms. The molecular weight excluding hydrogens is 463 g/mol. The average Bonchev–Trinajstić information content (AvgIpc) is 3.40. The van der Waals surface area contributed by atoms with Crippen molar-refractivity contribution in [2.45, 2.75) is 59.2 Å². The van der Waals surface area contributed by atoms with Gasteiger partial charge in [0.1, 0.15) is 22.9 Å². The molecule has 192 valence electrons. The fourth-order valence-corrected chi connectivity index (χ4v) is 4.12. The van der Waals surface area contributed by atoms with E-state index >= 15 is 0 Å². The summed E-state index contributed by atoms with van der Waals surface area (Å²) < 4.78 is 26.7. The highest BCUT2D eigenvalue weighted by atomic mass is 19.1. The lowest BCUT2D eigenvalue weighted by molar-refractivity contribution is 0.0290. The highest BCUT2D eigenvalue weighted by Gasteiger charge is 2.31. The number of carbonyl (C=O) groups is 2. The number of halogens is 1. The Morgan fingerprint density at radius 2 is 1.92 bits per heavy atom. The average molecular weight is 497 g/mol. The Morgan fingerprint density at radius 3 is 2.58 bits per heavy atom. The van der Waals surface area contributed by atoms with Crippen molar-refractivity contribution < 1.29 is 23.5 Å². The summed E-state index contributed by atoms with van der Waals surface area (Å²) in [6, 6.07) is 8.97. The zero-order valence-corrected chi connectivity index (χ0v) is 21.4. The van der Waals surface area contributed by atoms with E-state index < -0.39 is 11.7 Å². The maximum absolute atomic E-state index is 13.5. The molecule has 1 fully saturated rings. The third-order valence-electron chi connectivity index (χ3n) is 5.74. The number of fused-ring (bicyclic) bond motifs is 1. The van der Waals surface area contributed by atoms with Crippen LogP contribution in [0.4, 0.5) is 9.18 Å². The molecule has 1 atom stereocenters. The van der Waals surface area contributed by atoms with E-state index in [4.69, 9.17) is 9.47 Å². The van der Waals surface area contributed by atoms with E-state index in [0.717, 1.165) is 10.9 Å². The number of nitrogens with one attached hydrogen (secondary N) is 1. The monoisotopic (exact) mass is 496 g/mol. The van der Waals surface area contributed by atoms with Crippen molar-refractivity contribution in [1.29, 1.82) is 0 Å². The smallest absolute Gasteiger partial charge is 0.410 e. The third-order valence-corrected chi connectivity index (χ3v) is 5.74. The van der Waals surface area contributed by atoms with Gasteiger partial charge in [0.25, 0.3) is 5.91 Å².